The molecular formula is C30H23F3N4O2S. The molecule has 40 heavy (non-hydrogen) atoms. The van der Waals surface area contributed by atoms with Crippen LogP contribution in [0.3, 0.4) is 0 Å². The summed E-state index contributed by atoms with van der Waals surface area (Å²) in [4.78, 5) is 20.7. The number of aromatic amines is 1. The maximum atomic E-state index is 12.9. The Labute approximate surface area is 233 Å². The molecule has 1 amide bonds. The molecule has 0 saturated carbocycles. The number of hydrogen-bond acceptors (Lipinski definition) is 4. The molecule has 5 aromatic rings. The molecule has 202 valence electrons. The Kier molecular flexibility index (Phi) is 7.52. The van der Waals surface area contributed by atoms with Crippen molar-refractivity contribution in [3.05, 3.63) is 113 Å². The molecule has 5 rings (SSSR count). The number of para-hydroxylation sites is 2. The quantitative estimate of drug-likeness (QED) is 0.191. The molecule has 0 aliphatic rings. The number of H-pyrrole nitrogens is 1. The number of carbonyl (C=O) groups is 1. The first kappa shape index (κ1) is 26.9. The average Bonchev–Trinajstić information content (AvgIpc) is 3.37. The van der Waals surface area contributed by atoms with Gasteiger partial charge < -0.3 is 15.0 Å². The summed E-state index contributed by atoms with van der Waals surface area (Å²) in [5.74, 6) is 0.714. The van der Waals surface area contributed by atoms with Crippen molar-refractivity contribution in [1.29, 1.82) is 0 Å². The molecule has 0 unspecified atom stereocenters. The van der Waals surface area contributed by atoms with Crippen LogP contribution in [-0.4, -0.2) is 21.0 Å². The number of imidazole rings is 1. The Hall–Kier alpha value is -4.70. The minimum Gasteiger partial charge on any atom is -0.489 e. The number of hydrogen-bond donors (Lipinski definition) is 3. The Bertz CT molecular complexity index is 1660. The third-order valence-electron chi connectivity index (χ3n) is 6.14. The Morgan fingerprint density at radius 1 is 0.975 bits per heavy atom. The molecule has 0 radical (unpaired) electrons. The zero-order valence-electron chi connectivity index (χ0n) is 21.2. The molecule has 0 spiro atoms. The third kappa shape index (κ3) is 6.29. The molecule has 0 aliphatic heterocycles. The smallest absolute Gasteiger partial charge is 0.416 e. The highest BCUT2D eigenvalue weighted by molar-refractivity contribution is 7.80. The zero-order valence-corrected chi connectivity index (χ0v) is 22.0. The van der Waals surface area contributed by atoms with Crippen LogP contribution >= 0.6 is 12.2 Å². The molecule has 1 heterocycles. The summed E-state index contributed by atoms with van der Waals surface area (Å²) in [6, 6.07) is 24.6. The van der Waals surface area contributed by atoms with E-state index in [1.807, 2.05) is 49.4 Å². The molecule has 0 fully saturated rings. The van der Waals surface area contributed by atoms with Gasteiger partial charge in [-0.1, -0.05) is 30.3 Å². The molecule has 6 nitrogen and oxygen atoms in total. The van der Waals surface area contributed by atoms with Gasteiger partial charge in [0.25, 0.3) is 5.91 Å². The van der Waals surface area contributed by atoms with E-state index in [0.29, 0.717) is 22.6 Å². The predicted octanol–water partition coefficient (Wildman–Crippen LogP) is 7.26. The lowest BCUT2D eigenvalue weighted by molar-refractivity contribution is -0.137. The Balaban J connectivity index is 1.19. The summed E-state index contributed by atoms with van der Waals surface area (Å²) in [6.45, 7) is 1.94. The van der Waals surface area contributed by atoms with Gasteiger partial charge in [-0.25, -0.2) is 4.98 Å². The van der Waals surface area contributed by atoms with Gasteiger partial charge in [-0.15, -0.1) is 0 Å². The number of nitrogens with zero attached hydrogens (tertiary/aromatic N) is 1. The van der Waals surface area contributed by atoms with Crippen molar-refractivity contribution >= 4 is 40.0 Å². The van der Waals surface area contributed by atoms with Crippen LogP contribution in [-0.2, 0) is 12.8 Å². The first-order valence-corrected chi connectivity index (χ1v) is 12.6. The van der Waals surface area contributed by atoms with Crippen molar-refractivity contribution in [1.82, 2.24) is 15.3 Å². The number of anilines is 1. The summed E-state index contributed by atoms with van der Waals surface area (Å²) >= 11 is 5.34. The monoisotopic (exact) mass is 560 g/mol. The van der Waals surface area contributed by atoms with Crippen LogP contribution in [0.25, 0.3) is 22.4 Å². The minimum atomic E-state index is -4.42. The lowest BCUT2D eigenvalue weighted by Crippen LogP contribution is -2.34. The number of aryl methyl sites for hydroxylation is 1. The predicted molar refractivity (Wildman–Crippen MR) is 152 cm³/mol. The van der Waals surface area contributed by atoms with E-state index in [9.17, 15) is 18.0 Å². The summed E-state index contributed by atoms with van der Waals surface area (Å²) < 4.78 is 44.3. The SMILES string of the molecule is Cc1ccc(NC(=S)NC(=O)c2ccc(OCc3cccc(C(F)(F)F)c3)cc2)cc1-c1nc2ccccc2[nH]1. The molecule has 1 aromatic heterocycles. The molecule has 0 aliphatic carbocycles. The van der Waals surface area contributed by atoms with E-state index in [2.05, 4.69) is 20.6 Å². The fourth-order valence-electron chi connectivity index (χ4n) is 4.08. The van der Waals surface area contributed by atoms with Gasteiger partial charge in [0.05, 0.1) is 16.6 Å². The minimum absolute atomic E-state index is 0.0456. The summed E-state index contributed by atoms with van der Waals surface area (Å²) in [6.07, 6.45) is -4.42. The normalized spacial score (nSPS) is 11.3. The fraction of sp³-hybridized carbons (Fsp3) is 0.100. The Morgan fingerprint density at radius 3 is 2.50 bits per heavy atom. The number of benzene rings is 4. The number of fused-ring (bicyclic) bond motifs is 1. The highest BCUT2D eigenvalue weighted by Crippen LogP contribution is 2.30. The van der Waals surface area contributed by atoms with Crippen LogP contribution in [0.15, 0.2) is 91.0 Å². The average molecular weight is 561 g/mol. The number of thiocarbonyl (C=S) groups is 1. The van der Waals surface area contributed by atoms with Crippen LogP contribution < -0.4 is 15.4 Å². The first-order chi connectivity index (χ1) is 19.2. The highest BCUT2D eigenvalue weighted by atomic mass is 32.1. The number of ether oxygens (including phenoxy) is 1. The number of carbonyl (C=O) groups excluding carboxylic acids is 1. The van der Waals surface area contributed by atoms with E-state index in [1.54, 1.807) is 30.3 Å². The first-order valence-electron chi connectivity index (χ1n) is 12.2. The molecule has 4 aromatic carbocycles. The largest absolute Gasteiger partial charge is 0.489 e. The fourth-order valence-corrected chi connectivity index (χ4v) is 4.29. The van der Waals surface area contributed by atoms with Crippen LogP contribution in [0.5, 0.6) is 5.75 Å². The molecule has 0 bridgehead atoms. The van der Waals surface area contributed by atoms with Gasteiger partial charge in [0.2, 0.25) is 0 Å². The number of amides is 1. The molecule has 0 saturated heterocycles. The van der Waals surface area contributed by atoms with Crippen LogP contribution in [0.4, 0.5) is 18.9 Å². The van der Waals surface area contributed by atoms with Crippen molar-refractivity contribution in [2.45, 2.75) is 19.7 Å². The van der Waals surface area contributed by atoms with Crippen molar-refractivity contribution in [3.63, 3.8) is 0 Å². The van der Waals surface area contributed by atoms with Gasteiger partial charge in [0.15, 0.2) is 5.11 Å². The number of halogens is 3. The summed E-state index contributed by atoms with van der Waals surface area (Å²) in [5, 5.41) is 5.80. The van der Waals surface area contributed by atoms with Crippen LogP contribution in [0, 0.1) is 6.92 Å². The van der Waals surface area contributed by atoms with Crippen LogP contribution in [0.1, 0.15) is 27.0 Å². The van der Waals surface area contributed by atoms with Gasteiger partial charge in [-0.05, 0) is 90.9 Å². The second-order valence-electron chi connectivity index (χ2n) is 9.05. The maximum absolute atomic E-state index is 12.9. The van der Waals surface area contributed by atoms with E-state index >= 15 is 0 Å². The van der Waals surface area contributed by atoms with E-state index in [0.717, 1.165) is 40.1 Å². The van der Waals surface area contributed by atoms with Crippen molar-refractivity contribution in [2.75, 3.05) is 5.32 Å². The molecule has 3 N–H and O–H groups in total. The number of nitrogens with one attached hydrogen (secondary N) is 3. The number of rotatable bonds is 6. The van der Waals surface area contributed by atoms with E-state index in [1.165, 1.54) is 6.07 Å². The zero-order chi connectivity index (χ0) is 28.3. The van der Waals surface area contributed by atoms with Gasteiger partial charge in [0, 0.05) is 16.8 Å². The summed E-state index contributed by atoms with van der Waals surface area (Å²) in [5.41, 5.74) is 4.39. The number of alkyl halides is 3. The Morgan fingerprint density at radius 2 is 1.75 bits per heavy atom. The number of aromatic nitrogens is 2. The summed E-state index contributed by atoms with van der Waals surface area (Å²) in [7, 11) is 0. The standard InChI is InChI=1S/C30H23F3N4O2S/c1-18-9-12-22(16-24(18)27-35-25-7-2-3-8-26(25)36-27)34-29(40)37-28(38)20-10-13-23(14-11-20)39-17-19-5-4-6-21(15-19)30(31,32)33/h2-16H,17H2,1H3,(H,35,36)(H2,34,37,38,40). The third-order valence-corrected chi connectivity index (χ3v) is 6.35. The van der Waals surface area contributed by atoms with Gasteiger partial charge in [0.1, 0.15) is 18.2 Å². The second kappa shape index (κ2) is 11.2. The van der Waals surface area contributed by atoms with E-state index < -0.39 is 17.6 Å². The van der Waals surface area contributed by atoms with Crippen molar-refractivity contribution in [3.8, 4) is 17.1 Å². The van der Waals surface area contributed by atoms with Gasteiger partial charge in [-0.2, -0.15) is 13.2 Å². The van der Waals surface area contributed by atoms with Crippen molar-refractivity contribution in [2.24, 2.45) is 0 Å². The van der Waals surface area contributed by atoms with Crippen molar-refractivity contribution < 1.29 is 22.7 Å². The lowest BCUT2D eigenvalue weighted by atomic mass is 10.1. The highest BCUT2D eigenvalue weighted by Gasteiger charge is 2.30. The van der Waals surface area contributed by atoms with E-state index in [-0.39, 0.29) is 11.7 Å². The topological polar surface area (TPSA) is 79.0 Å². The molecule has 0 atom stereocenters. The second-order valence-corrected chi connectivity index (χ2v) is 9.46. The van der Waals surface area contributed by atoms with E-state index in [4.69, 9.17) is 17.0 Å². The maximum Gasteiger partial charge on any atom is 0.416 e. The van der Waals surface area contributed by atoms with Gasteiger partial charge in [-0.3, -0.25) is 10.1 Å². The lowest BCUT2D eigenvalue weighted by Gasteiger charge is -2.12. The van der Waals surface area contributed by atoms with Gasteiger partial charge >= 0.3 is 6.18 Å². The molecule has 10 heteroatoms. The molecular weight excluding hydrogens is 537 g/mol. The van der Waals surface area contributed by atoms with Crippen LogP contribution in [0.2, 0.25) is 0 Å².